The zero-order valence-electron chi connectivity index (χ0n) is 11.4. The maximum atomic E-state index is 13.6. The molecule has 1 aliphatic carbocycles. The smallest absolute Gasteiger partial charge is 0.232 e. The first-order valence-electron chi connectivity index (χ1n) is 7.04. The van der Waals surface area contributed by atoms with Crippen molar-refractivity contribution in [3.8, 4) is 0 Å². The number of amides is 1. The number of benzene rings is 1. The van der Waals surface area contributed by atoms with Gasteiger partial charge in [-0.1, -0.05) is 6.92 Å². The first kappa shape index (κ1) is 13.9. The van der Waals surface area contributed by atoms with E-state index in [1.807, 2.05) is 0 Å². The van der Waals surface area contributed by atoms with Gasteiger partial charge in [-0.05, 0) is 53.6 Å². The van der Waals surface area contributed by atoms with Crippen LogP contribution in [0.2, 0.25) is 0 Å². The van der Waals surface area contributed by atoms with E-state index in [9.17, 15) is 9.18 Å². The van der Waals surface area contributed by atoms with Crippen molar-refractivity contribution in [3.63, 3.8) is 0 Å². The highest BCUT2D eigenvalue weighted by molar-refractivity contribution is 9.10. The van der Waals surface area contributed by atoms with Crippen LogP contribution in [0.4, 0.5) is 15.8 Å². The average Bonchev–Trinajstić information content (AvgIpc) is 2.54. The molecule has 0 saturated heterocycles. The van der Waals surface area contributed by atoms with Crippen molar-refractivity contribution in [2.24, 2.45) is 11.3 Å². The minimum atomic E-state index is -0.362. The fourth-order valence-corrected chi connectivity index (χ4v) is 3.46. The van der Waals surface area contributed by atoms with Gasteiger partial charge in [0.05, 0.1) is 21.3 Å². The Morgan fingerprint density at radius 3 is 2.70 bits per heavy atom. The number of carbonyl (C=O) groups excluding carboxylic acids is 1. The highest BCUT2D eigenvalue weighted by atomic mass is 79.9. The quantitative estimate of drug-likeness (QED) is 0.744. The lowest BCUT2D eigenvalue weighted by molar-refractivity contribution is -0.126. The van der Waals surface area contributed by atoms with Crippen LogP contribution in [0.15, 0.2) is 16.6 Å². The Hall–Kier alpha value is -1.10. The van der Waals surface area contributed by atoms with Crippen molar-refractivity contribution < 1.29 is 9.18 Å². The van der Waals surface area contributed by atoms with Gasteiger partial charge in [0.2, 0.25) is 5.91 Å². The first-order chi connectivity index (χ1) is 9.50. The highest BCUT2D eigenvalue weighted by Gasteiger charge is 2.42. The van der Waals surface area contributed by atoms with Gasteiger partial charge >= 0.3 is 0 Å². The largest absolute Gasteiger partial charge is 0.382 e. The summed E-state index contributed by atoms with van der Waals surface area (Å²) in [7, 11) is 0. The monoisotopic (exact) mass is 340 g/mol. The molecule has 0 atom stereocenters. The van der Waals surface area contributed by atoms with Crippen LogP contribution in [0.3, 0.4) is 0 Å². The molecule has 3 rings (SSSR count). The van der Waals surface area contributed by atoms with Crippen LogP contribution in [0, 0.1) is 17.2 Å². The summed E-state index contributed by atoms with van der Waals surface area (Å²) >= 11 is 3.18. The first-order valence-corrected chi connectivity index (χ1v) is 7.84. The summed E-state index contributed by atoms with van der Waals surface area (Å²) in [5.41, 5.74) is 0.961. The molecule has 1 aliphatic heterocycles. The molecule has 0 aromatic heterocycles. The summed E-state index contributed by atoms with van der Waals surface area (Å²) in [6.07, 6.45) is 3.93. The minimum absolute atomic E-state index is 0.0253. The van der Waals surface area contributed by atoms with Gasteiger partial charge in [0.25, 0.3) is 0 Å². The lowest BCUT2D eigenvalue weighted by Gasteiger charge is -2.36. The topological polar surface area (TPSA) is 41.1 Å². The third kappa shape index (κ3) is 2.32. The Morgan fingerprint density at radius 2 is 2.00 bits per heavy atom. The van der Waals surface area contributed by atoms with Gasteiger partial charge in [0.15, 0.2) is 0 Å². The third-order valence-electron chi connectivity index (χ3n) is 4.64. The molecule has 1 aromatic carbocycles. The fourth-order valence-electron chi connectivity index (χ4n) is 3.11. The highest BCUT2D eigenvalue weighted by Crippen LogP contribution is 2.43. The third-order valence-corrected chi connectivity index (χ3v) is 5.25. The van der Waals surface area contributed by atoms with E-state index in [1.165, 1.54) is 6.07 Å². The van der Waals surface area contributed by atoms with Gasteiger partial charge < -0.3 is 10.6 Å². The predicted octanol–water partition coefficient (Wildman–Crippen LogP) is 4.15. The summed E-state index contributed by atoms with van der Waals surface area (Å²) in [6, 6.07) is 3.06. The molecule has 2 N–H and O–H groups in total. The number of anilines is 2. The van der Waals surface area contributed by atoms with Gasteiger partial charge in [-0.15, -0.1) is 0 Å². The van der Waals surface area contributed by atoms with E-state index in [4.69, 9.17) is 0 Å². The normalized spacial score (nSPS) is 29.4. The van der Waals surface area contributed by atoms with Crippen molar-refractivity contribution in [1.29, 1.82) is 0 Å². The SMILES string of the molecule is CC1CCC2(CC1)CNc1cc(Br)c(F)cc1NC2=O. The van der Waals surface area contributed by atoms with Gasteiger partial charge in [-0.2, -0.15) is 0 Å². The van der Waals surface area contributed by atoms with Crippen LogP contribution in [0.5, 0.6) is 0 Å². The molecule has 0 bridgehead atoms. The van der Waals surface area contributed by atoms with E-state index in [1.54, 1.807) is 6.07 Å². The van der Waals surface area contributed by atoms with Crippen LogP contribution in [-0.2, 0) is 4.79 Å². The number of nitrogens with one attached hydrogen (secondary N) is 2. The molecule has 20 heavy (non-hydrogen) atoms. The Labute approximate surface area is 126 Å². The molecule has 1 saturated carbocycles. The summed E-state index contributed by atoms with van der Waals surface area (Å²) in [6.45, 7) is 2.85. The fraction of sp³-hybridized carbons (Fsp3) is 0.533. The molecule has 2 aliphatic rings. The molecule has 1 spiro atoms. The van der Waals surface area contributed by atoms with Crippen LogP contribution in [0.25, 0.3) is 0 Å². The van der Waals surface area contributed by atoms with Crippen LogP contribution in [0.1, 0.15) is 32.6 Å². The van der Waals surface area contributed by atoms with Gasteiger partial charge in [0, 0.05) is 12.6 Å². The molecular formula is C15H18BrFN2O. The molecule has 5 heteroatoms. The van der Waals surface area contributed by atoms with Gasteiger partial charge in [0.1, 0.15) is 5.82 Å². The zero-order valence-corrected chi connectivity index (χ0v) is 13.0. The number of fused-ring (bicyclic) bond motifs is 1. The second kappa shape index (κ2) is 5.02. The maximum absolute atomic E-state index is 13.6. The second-order valence-corrected chi connectivity index (χ2v) is 6.94. The minimum Gasteiger partial charge on any atom is -0.382 e. The molecule has 1 amide bonds. The van der Waals surface area contributed by atoms with Crippen molar-refractivity contribution >= 4 is 33.2 Å². The number of hydrogen-bond donors (Lipinski definition) is 2. The van der Waals surface area contributed by atoms with E-state index in [2.05, 4.69) is 33.5 Å². The number of rotatable bonds is 0. The lowest BCUT2D eigenvalue weighted by Crippen LogP contribution is -2.42. The average molecular weight is 341 g/mol. The number of hydrogen-bond acceptors (Lipinski definition) is 2. The lowest BCUT2D eigenvalue weighted by atomic mass is 9.70. The standard InChI is InChI=1S/C15H18BrFN2O/c1-9-2-4-15(5-3-9)8-18-12-6-10(16)11(17)7-13(12)19-14(15)20/h6-7,9,18H,2-5,8H2,1H3,(H,19,20). The molecule has 0 unspecified atom stereocenters. The second-order valence-electron chi connectivity index (χ2n) is 6.08. The van der Waals surface area contributed by atoms with Crippen molar-refractivity contribution in [2.45, 2.75) is 32.6 Å². The Morgan fingerprint density at radius 1 is 1.30 bits per heavy atom. The molecule has 1 heterocycles. The van der Waals surface area contributed by atoms with Gasteiger partial charge in [-0.3, -0.25) is 4.79 Å². The Balaban J connectivity index is 1.90. The molecule has 3 nitrogen and oxygen atoms in total. The molecule has 1 aromatic rings. The summed E-state index contributed by atoms with van der Waals surface area (Å²) < 4.78 is 14.0. The Kier molecular flexibility index (Phi) is 3.48. The predicted molar refractivity (Wildman–Crippen MR) is 81.3 cm³/mol. The van der Waals surface area contributed by atoms with Gasteiger partial charge in [-0.25, -0.2) is 4.39 Å². The number of carbonyl (C=O) groups is 1. The van der Waals surface area contributed by atoms with E-state index in [-0.39, 0.29) is 17.1 Å². The number of halogens is 2. The van der Waals surface area contributed by atoms with Crippen molar-refractivity contribution in [2.75, 3.05) is 17.2 Å². The van der Waals surface area contributed by atoms with Crippen LogP contribution < -0.4 is 10.6 Å². The summed E-state index contributed by atoms with van der Waals surface area (Å²) in [4.78, 5) is 12.6. The van der Waals surface area contributed by atoms with E-state index in [0.717, 1.165) is 31.4 Å². The summed E-state index contributed by atoms with van der Waals surface area (Å²) in [5, 5.41) is 6.22. The summed E-state index contributed by atoms with van der Waals surface area (Å²) in [5.74, 6) is 0.349. The van der Waals surface area contributed by atoms with Crippen molar-refractivity contribution in [3.05, 3.63) is 22.4 Å². The maximum Gasteiger partial charge on any atom is 0.232 e. The van der Waals surface area contributed by atoms with Crippen LogP contribution >= 0.6 is 15.9 Å². The molecular weight excluding hydrogens is 323 g/mol. The van der Waals surface area contributed by atoms with Crippen molar-refractivity contribution in [1.82, 2.24) is 0 Å². The Bertz CT molecular complexity index is 553. The van der Waals surface area contributed by atoms with E-state index >= 15 is 0 Å². The molecule has 1 fully saturated rings. The van der Waals surface area contributed by atoms with E-state index < -0.39 is 0 Å². The molecule has 108 valence electrons. The van der Waals surface area contributed by atoms with E-state index in [0.29, 0.717) is 22.6 Å². The zero-order chi connectivity index (χ0) is 14.3. The van der Waals surface area contributed by atoms with Crippen LogP contribution in [-0.4, -0.2) is 12.5 Å². The molecule has 0 radical (unpaired) electrons.